The molecule has 0 saturated heterocycles. The third-order valence-corrected chi connectivity index (χ3v) is 5.59. The zero-order valence-corrected chi connectivity index (χ0v) is 12.0. The van der Waals surface area contributed by atoms with Crippen molar-refractivity contribution in [2.24, 2.45) is 0 Å². The van der Waals surface area contributed by atoms with Crippen LogP contribution in [0.2, 0.25) is 5.15 Å². The van der Waals surface area contributed by atoms with Crippen LogP contribution in [-0.2, 0) is 10.0 Å². The van der Waals surface area contributed by atoms with Crippen molar-refractivity contribution in [3.63, 3.8) is 0 Å². The first-order chi connectivity index (χ1) is 7.73. The number of halogens is 1. The van der Waals surface area contributed by atoms with Gasteiger partial charge in [0.1, 0.15) is 10.0 Å². The van der Waals surface area contributed by atoms with Crippen LogP contribution in [0.1, 0.15) is 27.2 Å². The van der Waals surface area contributed by atoms with Crippen LogP contribution >= 0.6 is 11.6 Å². The molecule has 0 atom stereocenters. The minimum atomic E-state index is -3.60. The number of hydrogen-bond acceptors (Lipinski definition) is 3. The van der Waals surface area contributed by atoms with E-state index in [4.69, 9.17) is 11.6 Å². The zero-order chi connectivity index (χ0) is 13.3. The van der Waals surface area contributed by atoms with Gasteiger partial charge >= 0.3 is 0 Å². The van der Waals surface area contributed by atoms with Gasteiger partial charge in [0.2, 0.25) is 10.0 Å². The molecule has 1 aromatic heterocycles. The Morgan fingerprint density at radius 3 is 2.53 bits per heavy atom. The molecule has 6 heteroatoms. The number of hydrogen-bond donors (Lipinski definition) is 0. The molecular weight excluding hydrogens is 260 g/mol. The van der Waals surface area contributed by atoms with E-state index >= 15 is 0 Å². The molecule has 0 radical (unpaired) electrons. The molecule has 0 bridgehead atoms. The molecule has 0 aliphatic carbocycles. The van der Waals surface area contributed by atoms with Gasteiger partial charge in [0, 0.05) is 18.8 Å². The van der Waals surface area contributed by atoms with Gasteiger partial charge < -0.3 is 0 Å². The number of nitrogens with zero attached hydrogens (tertiary/aromatic N) is 2. The predicted octanol–water partition coefficient (Wildman–Crippen LogP) is 2.54. The summed E-state index contributed by atoms with van der Waals surface area (Å²) in [6.07, 6.45) is 2.17. The fourth-order valence-corrected chi connectivity index (χ4v) is 3.26. The molecule has 0 aliphatic rings. The van der Waals surface area contributed by atoms with E-state index in [1.165, 1.54) is 16.6 Å². The van der Waals surface area contributed by atoms with Crippen LogP contribution < -0.4 is 0 Å². The van der Waals surface area contributed by atoms with Gasteiger partial charge in [-0.1, -0.05) is 18.5 Å². The highest BCUT2D eigenvalue weighted by Gasteiger charge is 2.33. The third-order valence-electron chi connectivity index (χ3n) is 3.08. The first-order valence-corrected chi connectivity index (χ1v) is 7.15. The molecule has 0 fully saturated rings. The molecule has 0 aromatic carbocycles. The molecule has 1 rings (SSSR count). The van der Waals surface area contributed by atoms with Crippen LogP contribution in [0.3, 0.4) is 0 Å². The summed E-state index contributed by atoms with van der Waals surface area (Å²) < 4.78 is 26.1. The minimum absolute atomic E-state index is 0.00579. The maximum atomic E-state index is 12.4. The summed E-state index contributed by atoms with van der Waals surface area (Å²) in [5.41, 5.74) is -0.460. The lowest BCUT2D eigenvalue weighted by Crippen LogP contribution is -2.44. The highest BCUT2D eigenvalue weighted by Crippen LogP contribution is 2.27. The standard InChI is InChI=1S/C11H17ClN2O2S/c1-5-11(2,3)14(4)17(15,16)9-7-6-8-13-10(9)12/h6-8H,5H2,1-4H3. The fraction of sp³-hybridized carbons (Fsp3) is 0.545. The smallest absolute Gasteiger partial charge is 0.243 e. The largest absolute Gasteiger partial charge is 0.246 e. The van der Waals surface area contributed by atoms with E-state index in [9.17, 15) is 8.42 Å². The summed E-state index contributed by atoms with van der Waals surface area (Å²) in [4.78, 5) is 3.84. The maximum Gasteiger partial charge on any atom is 0.246 e. The van der Waals surface area contributed by atoms with Crippen LogP contribution in [0.25, 0.3) is 0 Å². The molecule has 0 spiro atoms. The van der Waals surface area contributed by atoms with Gasteiger partial charge in [-0.25, -0.2) is 13.4 Å². The second kappa shape index (κ2) is 4.92. The average molecular weight is 277 g/mol. The molecule has 17 heavy (non-hydrogen) atoms. The van der Waals surface area contributed by atoms with Gasteiger partial charge in [-0.05, 0) is 32.4 Å². The average Bonchev–Trinajstić information content (AvgIpc) is 2.28. The Hall–Kier alpha value is -0.650. The van der Waals surface area contributed by atoms with Gasteiger partial charge in [-0.2, -0.15) is 4.31 Å². The molecule has 0 saturated carbocycles. The Labute approximate surface area is 108 Å². The van der Waals surface area contributed by atoms with E-state index < -0.39 is 15.6 Å². The Bertz CT molecular complexity index is 500. The summed E-state index contributed by atoms with van der Waals surface area (Å²) >= 11 is 5.83. The first kappa shape index (κ1) is 14.4. The number of aromatic nitrogens is 1. The molecular formula is C11H17ClN2O2S. The maximum absolute atomic E-state index is 12.4. The molecule has 0 N–H and O–H groups in total. The van der Waals surface area contributed by atoms with Crippen molar-refractivity contribution in [2.45, 2.75) is 37.6 Å². The zero-order valence-electron chi connectivity index (χ0n) is 10.4. The fourth-order valence-electron chi connectivity index (χ4n) is 1.26. The summed E-state index contributed by atoms with van der Waals surface area (Å²) in [6.45, 7) is 5.68. The van der Waals surface area contributed by atoms with Crippen molar-refractivity contribution in [2.75, 3.05) is 7.05 Å². The normalized spacial score (nSPS) is 13.1. The number of sulfonamides is 1. The van der Waals surface area contributed by atoms with Crippen LogP contribution in [0.5, 0.6) is 0 Å². The van der Waals surface area contributed by atoms with Crippen molar-refractivity contribution in [3.05, 3.63) is 23.5 Å². The SMILES string of the molecule is CCC(C)(C)N(C)S(=O)(=O)c1cccnc1Cl. The molecule has 0 unspecified atom stereocenters. The van der Waals surface area contributed by atoms with Crippen LogP contribution in [0.15, 0.2) is 23.2 Å². The van der Waals surface area contributed by atoms with Gasteiger partial charge in [-0.15, -0.1) is 0 Å². The molecule has 1 aromatic rings. The first-order valence-electron chi connectivity index (χ1n) is 5.33. The highest BCUT2D eigenvalue weighted by molar-refractivity contribution is 7.89. The van der Waals surface area contributed by atoms with E-state index in [0.717, 1.165) is 0 Å². The summed E-state index contributed by atoms with van der Waals surface area (Å²) in [5, 5.41) is 0.00579. The van der Waals surface area contributed by atoms with Crippen molar-refractivity contribution >= 4 is 21.6 Å². The molecule has 0 amide bonds. The molecule has 4 nitrogen and oxygen atoms in total. The van der Waals surface area contributed by atoms with E-state index in [1.54, 1.807) is 13.1 Å². The van der Waals surface area contributed by atoms with Crippen molar-refractivity contribution in [1.82, 2.24) is 9.29 Å². The van der Waals surface area contributed by atoms with E-state index in [0.29, 0.717) is 6.42 Å². The number of rotatable bonds is 4. The van der Waals surface area contributed by atoms with E-state index in [-0.39, 0.29) is 10.0 Å². The van der Waals surface area contributed by atoms with Crippen LogP contribution in [0, 0.1) is 0 Å². The van der Waals surface area contributed by atoms with Crippen molar-refractivity contribution < 1.29 is 8.42 Å². The third kappa shape index (κ3) is 2.78. The van der Waals surface area contributed by atoms with Gasteiger partial charge in [-0.3, -0.25) is 0 Å². The van der Waals surface area contributed by atoms with Crippen LogP contribution in [0.4, 0.5) is 0 Å². The minimum Gasteiger partial charge on any atom is -0.243 e. The topological polar surface area (TPSA) is 50.3 Å². The lowest BCUT2D eigenvalue weighted by atomic mass is 10.0. The summed E-state index contributed by atoms with van der Waals surface area (Å²) in [5.74, 6) is 0. The predicted molar refractivity (Wildman–Crippen MR) is 68.6 cm³/mol. The van der Waals surface area contributed by atoms with E-state index in [2.05, 4.69) is 4.98 Å². The monoisotopic (exact) mass is 276 g/mol. The quantitative estimate of drug-likeness (QED) is 0.794. The molecule has 1 heterocycles. The Balaban J connectivity index is 3.26. The number of pyridine rings is 1. The Kier molecular flexibility index (Phi) is 4.17. The van der Waals surface area contributed by atoms with E-state index in [1.807, 2.05) is 20.8 Å². The summed E-state index contributed by atoms with van der Waals surface area (Å²) in [6, 6.07) is 3.03. The van der Waals surface area contributed by atoms with Crippen molar-refractivity contribution in [3.8, 4) is 0 Å². The second-order valence-corrected chi connectivity index (χ2v) is 6.73. The lowest BCUT2D eigenvalue weighted by molar-refractivity contribution is 0.257. The second-order valence-electron chi connectivity index (χ2n) is 4.43. The molecule has 0 aliphatic heterocycles. The van der Waals surface area contributed by atoms with Gasteiger partial charge in [0.15, 0.2) is 0 Å². The Morgan fingerprint density at radius 1 is 1.47 bits per heavy atom. The Morgan fingerprint density at radius 2 is 2.06 bits per heavy atom. The molecule has 96 valence electrons. The summed E-state index contributed by atoms with van der Waals surface area (Å²) in [7, 11) is -2.04. The van der Waals surface area contributed by atoms with Crippen LogP contribution in [-0.4, -0.2) is 30.3 Å². The van der Waals surface area contributed by atoms with Gasteiger partial charge in [0.25, 0.3) is 0 Å². The van der Waals surface area contributed by atoms with Gasteiger partial charge in [0.05, 0.1) is 0 Å². The highest BCUT2D eigenvalue weighted by atomic mass is 35.5. The van der Waals surface area contributed by atoms with Crippen molar-refractivity contribution in [1.29, 1.82) is 0 Å². The lowest BCUT2D eigenvalue weighted by Gasteiger charge is -2.33.